The van der Waals surface area contributed by atoms with Gasteiger partial charge in [-0.3, -0.25) is 4.98 Å². The SMILES string of the molecule is CCCCCCNc1c2c(nc3ccccc13)C[C@H]1C=C(C)C[C@@H]2C1. The van der Waals surface area contributed by atoms with Crippen LogP contribution in [0.4, 0.5) is 5.69 Å². The number of benzene rings is 1. The lowest BCUT2D eigenvalue weighted by Gasteiger charge is -2.36. The first-order valence-electron chi connectivity index (χ1n) is 10.1. The number of unbranched alkanes of at least 4 members (excludes halogenated alkanes) is 3. The summed E-state index contributed by atoms with van der Waals surface area (Å²) in [6.45, 7) is 5.65. The van der Waals surface area contributed by atoms with Crippen LogP contribution in [0.2, 0.25) is 0 Å². The Hall–Kier alpha value is -1.83. The molecule has 2 atom stereocenters. The van der Waals surface area contributed by atoms with Crippen LogP contribution in [0.15, 0.2) is 35.9 Å². The largest absolute Gasteiger partial charge is 0.384 e. The highest BCUT2D eigenvalue weighted by molar-refractivity contribution is 5.94. The molecule has 1 heterocycles. The molecule has 0 spiro atoms. The fraction of sp³-hybridized carbons (Fsp3) is 0.522. The van der Waals surface area contributed by atoms with Crippen molar-refractivity contribution in [1.82, 2.24) is 4.98 Å². The number of allylic oxidation sites excluding steroid dienone is 2. The lowest BCUT2D eigenvalue weighted by atomic mass is 9.71. The number of fused-ring (bicyclic) bond motifs is 5. The van der Waals surface area contributed by atoms with Crippen LogP contribution >= 0.6 is 0 Å². The van der Waals surface area contributed by atoms with Gasteiger partial charge in [-0.25, -0.2) is 0 Å². The van der Waals surface area contributed by atoms with Crippen molar-refractivity contribution in [2.24, 2.45) is 5.92 Å². The van der Waals surface area contributed by atoms with Gasteiger partial charge < -0.3 is 5.32 Å². The first-order valence-corrected chi connectivity index (χ1v) is 10.1. The number of anilines is 1. The molecule has 4 rings (SSSR count). The van der Waals surface area contributed by atoms with E-state index in [1.807, 2.05) is 0 Å². The number of aromatic nitrogens is 1. The van der Waals surface area contributed by atoms with E-state index < -0.39 is 0 Å². The standard InChI is InChI=1S/C23H30N2/c1-3-4-5-8-11-24-23-19-9-6-7-10-20(19)25-21-15-17-12-16(2)13-18(14-17)22(21)23/h6-7,9-10,12,17-18H,3-5,8,11,13-15H2,1-2H3,(H,24,25)/t17-,18+/m0/s1. The zero-order valence-electron chi connectivity index (χ0n) is 15.6. The highest BCUT2D eigenvalue weighted by atomic mass is 14.9. The Morgan fingerprint density at radius 2 is 2.00 bits per heavy atom. The predicted octanol–water partition coefficient (Wildman–Crippen LogP) is 6.22. The van der Waals surface area contributed by atoms with Crippen molar-refractivity contribution < 1.29 is 0 Å². The van der Waals surface area contributed by atoms with E-state index in [1.165, 1.54) is 60.9 Å². The van der Waals surface area contributed by atoms with E-state index in [0.29, 0.717) is 11.8 Å². The minimum Gasteiger partial charge on any atom is -0.384 e. The van der Waals surface area contributed by atoms with Gasteiger partial charge in [-0.15, -0.1) is 0 Å². The van der Waals surface area contributed by atoms with Gasteiger partial charge in [-0.1, -0.05) is 56.0 Å². The molecule has 2 aliphatic carbocycles. The third kappa shape index (κ3) is 3.31. The zero-order chi connectivity index (χ0) is 17.2. The molecule has 1 N–H and O–H groups in total. The quantitative estimate of drug-likeness (QED) is 0.501. The average Bonchev–Trinajstić information content (AvgIpc) is 2.60. The highest BCUT2D eigenvalue weighted by Gasteiger charge is 2.33. The first kappa shape index (κ1) is 16.6. The van der Waals surface area contributed by atoms with Crippen LogP contribution in [0.1, 0.15) is 69.5 Å². The smallest absolute Gasteiger partial charge is 0.0726 e. The maximum Gasteiger partial charge on any atom is 0.0726 e. The lowest BCUT2D eigenvalue weighted by Crippen LogP contribution is -2.24. The molecule has 2 aromatic rings. The second-order valence-electron chi connectivity index (χ2n) is 7.97. The summed E-state index contributed by atoms with van der Waals surface area (Å²) in [6.07, 6.45) is 11.3. The number of para-hydroxylation sites is 1. The normalized spacial score (nSPS) is 21.8. The van der Waals surface area contributed by atoms with Gasteiger partial charge in [0.15, 0.2) is 0 Å². The van der Waals surface area contributed by atoms with E-state index >= 15 is 0 Å². The van der Waals surface area contributed by atoms with Crippen molar-refractivity contribution in [2.45, 2.75) is 64.7 Å². The Bertz CT molecular complexity index is 790. The zero-order valence-corrected chi connectivity index (χ0v) is 15.6. The van der Waals surface area contributed by atoms with E-state index in [2.05, 4.69) is 49.5 Å². The minimum atomic E-state index is 0.647. The van der Waals surface area contributed by atoms with Gasteiger partial charge in [0.05, 0.1) is 5.52 Å². The van der Waals surface area contributed by atoms with Crippen molar-refractivity contribution in [3.63, 3.8) is 0 Å². The maximum atomic E-state index is 5.07. The molecule has 2 aliphatic rings. The molecule has 0 aliphatic heterocycles. The molecule has 2 bridgehead atoms. The van der Waals surface area contributed by atoms with Crippen molar-refractivity contribution in [1.29, 1.82) is 0 Å². The van der Waals surface area contributed by atoms with Crippen molar-refractivity contribution in [3.05, 3.63) is 47.2 Å². The van der Waals surface area contributed by atoms with Crippen LogP contribution in [0.5, 0.6) is 0 Å². The summed E-state index contributed by atoms with van der Waals surface area (Å²) in [5.74, 6) is 1.34. The van der Waals surface area contributed by atoms with E-state index in [-0.39, 0.29) is 0 Å². The molecule has 0 radical (unpaired) electrons. The summed E-state index contributed by atoms with van der Waals surface area (Å²) in [4.78, 5) is 5.07. The van der Waals surface area contributed by atoms with Gasteiger partial charge in [0.2, 0.25) is 0 Å². The Kier molecular flexibility index (Phi) is 4.78. The topological polar surface area (TPSA) is 24.9 Å². The van der Waals surface area contributed by atoms with E-state index in [9.17, 15) is 0 Å². The summed E-state index contributed by atoms with van der Waals surface area (Å²) in [7, 11) is 0. The van der Waals surface area contributed by atoms with E-state index in [4.69, 9.17) is 4.98 Å². The van der Waals surface area contributed by atoms with Crippen LogP contribution in [0, 0.1) is 5.92 Å². The third-order valence-electron chi connectivity index (χ3n) is 5.88. The third-order valence-corrected chi connectivity index (χ3v) is 5.88. The highest BCUT2D eigenvalue weighted by Crippen LogP contribution is 2.47. The summed E-state index contributed by atoms with van der Waals surface area (Å²) in [5.41, 5.74) is 6.97. The second-order valence-corrected chi connectivity index (χ2v) is 7.97. The summed E-state index contributed by atoms with van der Waals surface area (Å²) >= 11 is 0. The molecule has 2 heteroatoms. The lowest BCUT2D eigenvalue weighted by molar-refractivity contribution is 0.433. The molecule has 2 nitrogen and oxygen atoms in total. The van der Waals surface area contributed by atoms with Gasteiger partial charge in [0.1, 0.15) is 0 Å². The van der Waals surface area contributed by atoms with Gasteiger partial charge in [-0.2, -0.15) is 0 Å². The Morgan fingerprint density at radius 3 is 2.88 bits per heavy atom. The van der Waals surface area contributed by atoms with Gasteiger partial charge >= 0.3 is 0 Å². The van der Waals surface area contributed by atoms with Crippen molar-refractivity contribution in [3.8, 4) is 0 Å². The Labute approximate surface area is 151 Å². The minimum absolute atomic E-state index is 0.647. The molecule has 1 aromatic carbocycles. The van der Waals surface area contributed by atoms with Crippen LogP contribution in [-0.2, 0) is 6.42 Å². The summed E-state index contributed by atoms with van der Waals surface area (Å²) in [5, 5.41) is 5.14. The molecular formula is C23H30N2. The van der Waals surface area contributed by atoms with Crippen LogP contribution in [0.25, 0.3) is 10.9 Å². The predicted molar refractivity (Wildman–Crippen MR) is 107 cm³/mol. The van der Waals surface area contributed by atoms with Crippen molar-refractivity contribution in [2.75, 3.05) is 11.9 Å². The second kappa shape index (κ2) is 7.19. The summed E-state index contributed by atoms with van der Waals surface area (Å²) < 4.78 is 0. The summed E-state index contributed by atoms with van der Waals surface area (Å²) in [6, 6.07) is 8.68. The maximum absolute atomic E-state index is 5.07. The molecule has 132 valence electrons. The van der Waals surface area contributed by atoms with Gasteiger partial charge in [-0.05, 0) is 50.5 Å². The van der Waals surface area contributed by atoms with Crippen LogP contribution < -0.4 is 5.32 Å². The molecule has 0 saturated heterocycles. The molecule has 0 fully saturated rings. The first-order chi connectivity index (χ1) is 12.3. The number of hydrogen-bond donors (Lipinski definition) is 1. The van der Waals surface area contributed by atoms with Gasteiger partial charge in [0.25, 0.3) is 0 Å². The number of nitrogens with one attached hydrogen (secondary N) is 1. The fourth-order valence-electron chi connectivity index (χ4n) is 4.81. The fourth-order valence-corrected chi connectivity index (χ4v) is 4.81. The molecule has 25 heavy (non-hydrogen) atoms. The number of nitrogens with zero attached hydrogens (tertiary/aromatic N) is 1. The van der Waals surface area contributed by atoms with E-state index in [0.717, 1.165) is 18.5 Å². The molecule has 1 aromatic heterocycles. The van der Waals surface area contributed by atoms with Crippen LogP contribution in [-0.4, -0.2) is 11.5 Å². The van der Waals surface area contributed by atoms with Crippen LogP contribution in [0.3, 0.4) is 0 Å². The molecule has 0 amide bonds. The number of pyridine rings is 1. The number of rotatable bonds is 6. The molecule has 0 saturated carbocycles. The van der Waals surface area contributed by atoms with Gasteiger partial charge in [0, 0.05) is 28.9 Å². The van der Waals surface area contributed by atoms with E-state index in [1.54, 1.807) is 5.57 Å². The Morgan fingerprint density at radius 1 is 1.12 bits per heavy atom. The Balaban J connectivity index is 1.71. The average molecular weight is 335 g/mol. The molecule has 0 unspecified atom stereocenters. The number of hydrogen-bond acceptors (Lipinski definition) is 2. The monoisotopic (exact) mass is 334 g/mol. The molecular weight excluding hydrogens is 304 g/mol. The van der Waals surface area contributed by atoms with Crippen molar-refractivity contribution >= 4 is 16.6 Å².